The molecule has 0 saturated heterocycles. The number of hydrogen-bond donors (Lipinski definition) is 2. The molecule has 142 valence electrons. The van der Waals surface area contributed by atoms with Crippen LogP contribution in [0, 0.1) is 0 Å². The summed E-state index contributed by atoms with van der Waals surface area (Å²) >= 11 is 0. The number of carbonyl (C=O) groups is 1. The van der Waals surface area contributed by atoms with Crippen LogP contribution < -0.4 is 11.1 Å². The van der Waals surface area contributed by atoms with Crippen LogP contribution in [0.15, 0.2) is 33.9 Å². The maximum atomic E-state index is 12.3. The van der Waals surface area contributed by atoms with Crippen LogP contribution in [-0.4, -0.2) is 36.8 Å². The maximum absolute atomic E-state index is 12.3. The molecule has 0 spiro atoms. The lowest BCUT2D eigenvalue weighted by Crippen LogP contribution is -2.23. The number of nitrogens with zero attached hydrogens (tertiary/aromatic N) is 2. The van der Waals surface area contributed by atoms with Gasteiger partial charge in [-0.1, -0.05) is 36.6 Å². The molecule has 1 heterocycles. The van der Waals surface area contributed by atoms with Crippen molar-refractivity contribution < 1.29 is 17.6 Å². The van der Waals surface area contributed by atoms with Crippen molar-refractivity contribution in [1.82, 2.24) is 10.2 Å². The Morgan fingerprint density at radius 3 is 2.69 bits per heavy atom. The Morgan fingerprint density at radius 2 is 1.96 bits per heavy atom. The van der Waals surface area contributed by atoms with Gasteiger partial charge in [0, 0.05) is 12.1 Å². The number of unbranched alkanes of at least 4 members (excludes halogenated alkanes) is 2. The largest absolute Gasteiger partial charge is 0.413 e. The summed E-state index contributed by atoms with van der Waals surface area (Å²) in [6, 6.07) is 7.24. The van der Waals surface area contributed by atoms with Gasteiger partial charge in [0.2, 0.25) is 21.6 Å². The second-order valence-electron chi connectivity index (χ2n) is 5.88. The van der Waals surface area contributed by atoms with E-state index in [0.717, 1.165) is 31.2 Å². The van der Waals surface area contributed by atoms with Crippen molar-refractivity contribution >= 4 is 21.4 Å². The number of hydrogen-bond acceptors (Lipinski definition) is 7. The minimum Gasteiger partial charge on any atom is -0.413 e. The molecule has 0 bridgehead atoms. The number of benzene rings is 1. The van der Waals surface area contributed by atoms with E-state index in [2.05, 4.69) is 15.5 Å². The zero-order valence-electron chi connectivity index (χ0n) is 14.8. The highest BCUT2D eigenvalue weighted by Crippen LogP contribution is 2.17. The Kier molecular flexibility index (Phi) is 7.28. The summed E-state index contributed by atoms with van der Waals surface area (Å²) in [6.45, 7) is 2.56. The highest BCUT2D eigenvalue weighted by molar-refractivity contribution is 7.91. The quantitative estimate of drug-likeness (QED) is 0.600. The van der Waals surface area contributed by atoms with Gasteiger partial charge in [-0.25, -0.2) is 8.42 Å². The van der Waals surface area contributed by atoms with Crippen LogP contribution in [-0.2, 0) is 27.5 Å². The van der Waals surface area contributed by atoms with Gasteiger partial charge in [-0.05, 0) is 37.4 Å². The first-order valence-corrected chi connectivity index (χ1v) is 10.2. The fourth-order valence-electron chi connectivity index (χ4n) is 2.43. The molecule has 2 aromatic rings. The summed E-state index contributed by atoms with van der Waals surface area (Å²) in [6.07, 6.45) is 3.78. The van der Waals surface area contributed by atoms with E-state index in [4.69, 9.17) is 10.2 Å². The first kappa shape index (κ1) is 20.1. The Hall–Kier alpha value is -2.26. The number of amides is 1. The maximum Gasteiger partial charge on any atom is 0.336 e. The summed E-state index contributed by atoms with van der Waals surface area (Å²) in [5, 5.41) is 9.41. The highest BCUT2D eigenvalue weighted by atomic mass is 32.2. The van der Waals surface area contributed by atoms with Crippen molar-refractivity contribution in [2.45, 2.75) is 44.3 Å². The van der Waals surface area contributed by atoms with Crippen molar-refractivity contribution in [2.75, 3.05) is 17.6 Å². The average molecular weight is 380 g/mol. The Labute approximate surface area is 153 Å². The van der Waals surface area contributed by atoms with Gasteiger partial charge in [-0.15, -0.1) is 5.10 Å². The molecule has 0 radical (unpaired) electrons. The van der Waals surface area contributed by atoms with Gasteiger partial charge >= 0.3 is 5.22 Å². The van der Waals surface area contributed by atoms with Crippen LogP contribution in [0.1, 0.15) is 37.6 Å². The van der Waals surface area contributed by atoms with E-state index in [-0.39, 0.29) is 5.89 Å². The number of rotatable bonds is 10. The number of aromatic nitrogens is 2. The minimum absolute atomic E-state index is 0.248. The molecule has 8 nitrogen and oxygen atoms in total. The summed E-state index contributed by atoms with van der Waals surface area (Å²) in [4.78, 5) is 12.1. The first-order valence-electron chi connectivity index (χ1n) is 8.59. The third-order valence-corrected chi connectivity index (χ3v) is 5.14. The molecule has 2 rings (SSSR count). The van der Waals surface area contributed by atoms with E-state index >= 15 is 0 Å². The molecule has 0 aliphatic rings. The van der Waals surface area contributed by atoms with Crippen LogP contribution in [0.2, 0.25) is 0 Å². The summed E-state index contributed by atoms with van der Waals surface area (Å²) in [5.41, 5.74) is 6.95. The van der Waals surface area contributed by atoms with E-state index < -0.39 is 26.7 Å². The molecule has 1 aromatic carbocycles. The van der Waals surface area contributed by atoms with Crippen molar-refractivity contribution in [3.05, 3.63) is 35.7 Å². The van der Waals surface area contributed by atoms with Crippen LogP contribution in [0.5, 0.6) is 0 Å². The van der Waals surface area contributed by atoms with Crippen molar-refractivity contribution in [3.63, 3.8) is 0 Å². The van der Waals surface area contributed by atoms with Gasteiger partial charge in [0.1, 0.15) is 5.75 Å². The van der Waals surface area contributed by atoms with Crippen LogP contribution >= 0.6 is 0 Å². The van der Waals surface area contributed by atoms with Crippen molar-refractivity contribution in [1.29, 1.82) is 0 Å². The number of nitrogens with two attached hydrogens (primary N) is 1. The zero-order valence-corrected chi connectivity index (χ0v) is 15.6. The second kappa shape index (κ2) is 9.44. The van der Waals surface area contributed by atoms with Gasteiger partial charge < -0.3 is 15.5 Å². The van der Waals surface area contributed by atoms with Crippen LogP contribution in [0.3, 0.4) is 0 Å². The molecule has 0 unspecified atom stereocenters. The minimum atomic E-state index is -3.99. The van der Waals surface area contributed by atoms with E-state index in [9.17, 15) is 13.2 Å². The molecule has 1 aromatic heterocycles. The monoisotopic (exact) mass is 380 g/mol. The predicted molar refractivity (Wildman–Crippen MR) is 97.4 cm³/mol. The first-order chi connectivity index (χ1) is 12.5. The van der Waals surface area contributed by atoms with Gasteiger partial charge in [-0.3, -0.25) is 4.79 Å². The molecular weight excluding hydrogens is 356 g/mol. The third-order valence-electron chi connectivity index (χ3n) is 3.80. The molecule has 0 atom stereocenters. The third kappa shape index (κ3) is 5.63. The Bertz CT molecular complexity index is 833. The molecule has 0 saturated carbocycles. The molecule has 26 heavy (non-hydrogen) atoms. The van der Waals surface area contributed by atoms with Crippen molar-refractivity contribution in [2.24, 2.45) is 5.73 Å². The van der Waals surface area contributed by atoms with Crippen molar-refractivity contribution in [3.8, 4) is 0 Å². The molecule has 3 N–H and O–H groups in total. The normalized spacial score (nSPS) is 11.5. The molecular formula is C17H24N4O4S. The summed E-state index contributed by atoms with van der Waals surface area (Å²) < 4.78 is 29.8. The highest BCUT2D eigenvalue weighted by Gasteiger charge is 2.26. The number of carbonyl (C=O) groups excluding carboxylic acids is 1. The number of sulfone groups is 1. The SMILES string of the molecule is CCc1ccccc1NC(=O)CS(=O)(=O)c1nnc(CCCCCN)o1. The topological polar surface area (TPSA) is 128 Å². The van der Waals surface area contributed by atoms with Gasteiger partial charge in [0.25, 0.3) is 0 Å². The molecule has 0 fully saturated rings. The standard InChI is InChI=1S/C17H24N4O4S/c1-2-13-8-5-6-9-14(13)19-15(22)12-26(23,24)17-21-20-16(25-17)10-4-3-7-11-18/h5-6,8-9H,2-4,7,10-12,18H2,1H3,(H,19,22). The van der Waals surface area contributed by atoms with E-state index in [1.807, 2.05) is 19.1 Å². The van der Waals surface area contributed by atoms with Gasteiger partial charge in [-0.2, -0.15) is 0 Å². The van der Waals surface area contributed by atoms with E-state index in [1.54, 1.807) is 12.1 Å². The van der Waals surface area contributed by atoms with Gasteiger partial charge in [0.05, 0.1) is 0 Å². The fourth-order valence-corrected chi connectivity index (χ4v) is 3.36. The number of aryl methyl sites for hydroxylation is 2. The molecule has 1 amide bonds. The van der Waals surface area contributed by atoms with E-state index in [0.29, 0.717) is 18.7 Å². The zero-order chi connectivity index (χ0) is 19.0. The van der Waals surface area contributed by atoms with E-state index in [1.165, 1.54) is 0 Å². The molecule has 9 heteroatoms. The number of anilines is 1. The summed E-state index contributed by atoms with van der Waals surface area (Å²) in [5.74, 6) is -1.15. The second-order valence-corrected chi connectivity index (χ2v) is 7.75. The Balaban J connectivity index is 1.97. The van der Waals surface area contributed by atoms with Gasteiger partial charge in [0.15, 0.2) is 0 Å². The predicted octanol–water partition coefficient (Wildman–Crippen LogP) is 1.72. The Morgan fingerprint density at radius 1 is 1.19 bits per heavy atom. The molecule has 0 aliphatic carbocycles. The molecule has 0 aliphatic heterocycles. The lowest BCUT2D eigenvalue weighted by atomic mass is 10.1. The fraction of sp³-hybridized carbons (Fsp3) is 0.471. The number of nitrogens with one attached hydrogen (secondary N) is 1. The average Bonchev–Trinajstić information content (AvgIpc) is 3.08. The smallest absolute Gasteiger partial charge is 0.336 e. The lowest BCUT2D eigenvalue weighted by molar-refractivity contribution is -0.113. The van der Waals surface area contributed by atoms with Crippen LogP contribution in [0.4, 0.5) is 5.69 Å². The number of para-hydroxylation sites is 1. The van der Waals surface area contributed by atoms with Crippen LogP contribution in [0.25, 0.3) is 0 Å². The lowest BCUT2D eigenvalue weighted by Gasteiger charge is -2.09. The summed E-state index contributed by atoms with van der Waals surface area (Å²) in [7, 11) is -3.99.